The Bertz CT molecular complexity index is 418. The molecule has 0 fully saturated rings. The molecular weight excluding hydrogens is 239 g/mol. The molecule has 0 aliphatic heterocycles. The Labute approximate surface area is 95.4 Å². The molecule has 17 heavy (non-hydrogen) atoms. The van der Waals surface area contributed by atoms with Gasteiger partial charge < -0.3 is 9.47 Å². The van der Waals surface area contributed by atoms with Crippen molar-refractivity contribution in [3.8, 4) is 5.88 Å². The van der Waals surface area contributed by atoms with Gasteiger partial charge in [0.25, 0.3) is 0 Å². The minimum absolute atomic E-state index is 0.190. The second-order valence-electron chi connectivity index (χ2n) is 3.12. The van der Waals surface area contributed by atoms with Crippen LogP contribution in [-0.2, 0) is 22.1 Å². The number of hydrogen-bond acceptors (Lipinski definition) is 4. The predicted octanol–water partition coefficient (Wildman–Crippen LogP) is 1.82. The second kappa shape index (κ2) is 5.03. The maximum atomic E-state index is 12.4. The van der Waals surface area contributed by atoms with Gasteiger partial charge in [0.1, 0.15) is 5.69 Å². The summed E-state index contributed by atoms with van der Waals surface area (Å²) in [5, 5.41) is 0. The zero-order chi connectivity index (χ0) is 13.1. The van der Waals surface area contributed by atoms with Crippen molar-refractivity contribution in [2.45, 2.75) is 12.6 Å². The predicted molar refractivity (Wildman–Crippen MR) is 51.5 cm³/mol. The maximum Gasteiger partial charge on any atom is 0.433 e. The van der Waals surface area contributed by atoms with E-state index in [9.17, 15) is 18.0 Å². The molecule has 0 radical (unpaired) electrons. The Morgan fingerprint density at radius 3 is 2.47 bits per heavy atom. The van der Waals surface area contributed by atoms with Gasteiger partial charge in [-0.15, -0.1) is 0 Å². The second-order valence-corrected chi connectivity index (χ2v) is 3.12. The lowest BCUT2D eigenvalue weighted by molar-refractivity contribution is -0.141. The minimum atomic E-state index is -4.54. The molecule has 0 saturated heterocycles. The molecule has 0 unspecified atom stereocenters. The fourth-order valence-corrected chi connectivity index (χ4v) is 1.17. The maximum absolute atomic E-state index is 12.4. The normalized spacial score (nSPS) is 11.1. The highest BCUT2D eigenvalue weighted by atomic mass is 19.4. The smallest absolute Gasteiger partial charge is 0.433 e. The van der Waals surface area contributed by atoms with Crippen LogP contribution in [0.25, 0.3) is 0 Å². The number of carbonyl (C=O) groups is 1. The number of nitrogens with zero attached hydrogens (tertiary/aromatic N) is 1. The fourth-order valence-electron chi connectivity index (χ4n) is 1.17. The van der Waals surface area contributed by atoms with Gasteiger partial charge in [0.15, 0.2) is 0 Å². The molecule has 0 aliphatic carbocycles. The van der Waals surface area contributed by atoms with E-state index in [1.165, 1.54) is 14.2 Å². The molecule has 0 atom stereocenters. The van der Waals surface area contributed by atoms with Crippen LogP contribution in [0.2, 0.25) is 0 Å². The summed E-state index contributed by atoms with van der Waals surface area (Å²) in [6.07, 6.45) is -4.73. The van der Waals surface area contributed by atoms with Crippen molar-refractivity contribution >= 4 is 5.97 Å². The van der Waals surface area contributed by atoms with Crippen molar-refractivity contribution in [2.24, 2.45) is 0 Å². The number of halogens is 3. The minimum Gasteiger partial charge on any atom is -0.481 e. The summed E-state index contributed by atoms with van der Waals surface area (Å²) < 4.78 is 46.2. The number of ether oxygens (including phenoxy) is 2. The van der Waals surface area contributed by atoms with Gasteiger partial charge in [0, 0.05) is 5.56 Å². The number of carbonyl (C=O) groups excluding carboxylic acids is 1. The van der Waals surface area contributed by atoms with E-state index in [-0.39, 0.29) is 17.9 Å². The number of hydrogen-bond donors (Lipinski definition) is 0. The molecule has 0 N–H and O–H groups in total. The summed E-state index contributed by atoms with van der Waals surface area (Å²) in [6.45, 7) is 0. The zero-order valence-electron chi connectivity index (χ0n) is 9.17. The van der Waals surface area contributed by atoms with Crippen LogP contribution in [0.5, 0.6) is 5.88 Å². The Hall–Kier alpha value is -1.79. The first kappa shape index (κ1) is 13.3. The zero-order valence-corrected chi connectivity index (χ0v) is 9.17. The van der Waals surface area contributed by atoms with Crippen molar-refractivity contribution in [2.75, 3.05) is 14.2 Å². The van der Waals surface area contributed by atoms with Gasteiger partial charge in [-0.2, -0.15) is 13.2 Å². The number of pyridine rings is 1. The monoisotopic (exact) mass is 249 g/mol. The lowest BCUT2D eigenvalue weighted by atomic mass is 10.2. The lowest BCUT2D eigenvalue weighted by Crippen LogP contribution is -2.11. The van der Waals surface area contributed by atoms with Crippen molar-refractivity contribution in [1.82, 2.24) is 4.98 Å². The molecule has 0 aromatic carbocycles. The van der Waals surface area contributed by atoms with Crippen LogP contribution in [0.15, 0.2) is 12.1 Å². The van der Waals surface area contributed by atoms with Crippen molar-refractivity contribution in [3.63, 3.8) is 0 Å². The first-order chi connectivity index (χ1) is 7.88. The molecule has 0 aliphatic rings. The SMILES string of the molecule is COC(=O)Cc1ccc(C(F)(F)F)nc1OC. The van der Waals surface area contributed by atoms with Crippen molar-refractivity contribution in [1.29, 1.82) is 0 Å². The van der Waals surface area contributed by atoms with Gasteiger partial charge in [-0.1, -0.05) is 6.07 Å². The van der Waals surface area contributed by atoms with E-state index >= 15 is 0 Å². The molecule has 1 aromatic rings. The van der Waals surface area contributed by atoms with E-state index in [0.29, 0.717) is 0 Å². The molecule has 0 bridgehead atoms. The molecule has 1 heterocycles. The number of methoxy groups -OCH3 is 2. The van der Waals surface area contributed by atoms with E-state index in [1.54, 1.807) is 0 Å². The molecule has 0 saturated carbocycles. The van der Waals surface area contributed by atoms with Crippen molar-refractivity contribution in [3.05, 3.63) is 23.4 Å². The van der Waals surface area contributed by atoms with Gasteiger partial charge in [-0.3, -0.25) is 4.79 Å². The largest absolute Gasteiger partial charge is 0.481 e. The van der Waals surface area contributed by atoms with Crippen LogP contribution >= 0.6 is 0 Å². The number of alkyl halides is 3. The number of rotatable bonds is 3. The first-order valence-corrected chi connectivity index (χ1v) is 4.56. The Kier molecular flexibility index (Phi) is 3.93. The Morgan fingerprint density at radius 2 is 2.00 bits per heavy atom. The van der Waals surface area contributed by atoms with E-state index in [4.69, 9.17) is 4.74 Å². The van der Waals surface area contributed by atoms with Crippen LogP contribution < -0.4 is 4.74 Å². The van der Waals surface area contributed by atoms with E-state index in [2.05, 4.69) is 9.72 Å². The van der Waals surface area contributed by atoms with Gasteiger partial charge in [-0.05, 0) is 6.07 Å². The third-order valence-corrected chi connectivity index (χ3v) is 1.99. The highest BCUT2D eigenvalue weighted by molar-refractivity contribution is 5.73. The van der Waals surface area contributed by atoms with Crippen LogP contribution in [0, 0.1) is 0 Å². The molecule has 0 spiro atoms. The summed E-state index contributed by atoms with van der Waals surface area (Å²) in [7, 11) is 2.37. The molecule has 94 valence electrons. The molecule has 1 rings (SSSR count). The topological polar surface area (TPSA) is 48.4 Å². The number of esters is 1. The van der Waals surface area contributed by atoms with Gasteiger partial charge in [0.05, 0.1) is 20.6 Å². The summed E-state index contributed by atoms with van der Waals surface area (Å²) in [4.78, 5) is 14.3. The molecular formula is C10H10F3NO3. The molecule has 4 nitrogen and oxygen atoms in total. The third kappa shape index (κ3) is 3.33. The van der Waals surface area contributed by atoms with E-state index < -0.39 is 17.8 Å². The molecule has 0 amide bonds. The first-order valence-electron chi connectivity index (χ1n) is 4.56. The van der Waals surface area contributed by atoms with Crippen LogP contribution in [0.3, 0.4) is 0 Å². The van der Waals surface area contributed by atoms with Crippen molar-refractivity contribution < 1.29 is 27.4 Å². The quantitative estimate of drug-likeness (QED) is 0.767. The van der Waals surface area contributed by atoms with Gasteiger partial charge in [0.2, 0.25) is 5.88 Å². The summed E-state index contributed by atoms with van der Waals surface area (Å²) >= 11 is 0. The van der Waals surface area contributed by atoms with E-state index in [0.717, 1.165) is 12.1 Å². The standard InChI is InChI=1S/C10H10F3NO3/c1-16-8(15)5-6-3-4-7(10(11,12)13)14-9(6)17-2/h3-4H,5H2,1-2H3. The fraction of sp³-hybridized carbons (Fsp3) is 0.400. The summed E-state index contributed by atoms with van der Waals surface area (Å²) in [5.41, 5.74) is -0.824. The highest BCUT2D eigenvalue weighted by Gasteiger charge is 2.33. The average Bonchev–Trinajstić information content (AvgIpc) is 2.27. The van der Waals surface area contributed by atoms with Crippen LogP contribution in [-0.4, -0.2) is 25.2 Å². The number of aromatic nitrogens is 1. The average molecular weight is 249 g/mol. The third-order valence-electron chi connectivity index (χ3n) is 1.99. The van der Waals surface area contributed by atoms with E-state index in [1.807, 2.05) is 0 Å². The van der Waals surface area contributed by atoms with Gasteiger partial charge >= 0.3 is 12.1 Å². The Balaban J connectivity index is 3.06. The molecule has 7 heteroatoms. The van der Waals surface area contributed by atoms with Crippen LogP contribution in [0.1, 0.15) is 11.3 Å². The summed E-state index contributed by atoms with van der Waals surface area (Å²) in [6, 6.07) is 1.94. The van der Waals surface area contributed by atoms with Crippen LogP contribution in [0.4, 0.5) is 13.2 Å². The van der Waals surface area contributed by atoms with Gasteiger partial charge in [-0.25, -0.2) is 4.98 Å². The lowest BCUT2D eigenvalue weighted by Gasteiger charge is -2.10. The molecule has 1 aromatic heterocycles. The Morgan fingerprint density at radius 1 is 1.35 bits per heavy atom. The summed E-state index contributed by atoms with van der Waals surface area (Å²) in [5.74, 6) is -0.810. The highest BCUT2D eigenvalue weighted by Crippen LogP contribution is 2.30.